The van der Waals surface area contributed by atoms with E-state index < -0.39 is 0 Å². The largest absolute Gasteiger partial charge is 0.497 e. The standard InChI is InChI=1S/C11H15BrO3/c1-13-5-6-15-11-7-10(14-2)4-3-9(11)8-12/h3-4,7H,5-6,8H2,1-2H3. The van der Waals surface area contributed by atoms with Gasteiger partial charge in [-0.3, -0.25) is 0 Å². The van der Waals surface area contributed by atoms with Gasteiger partial charge in [-0.2, -0.15) is 0 Å². The predicted molar refractivity (Wildman–Crippen MR) is 63.0 cm³/mol. The molecule has 0 atom stereocenters. The summed E-state index contributed by atoms with van der Waals surface area (Å²) in [5.74, 6) is 1.63. The highest BCUT2D eigenvalue weighted by molar-refractivity contribution is 9.08. The number of benzene rings is 1. The third-order valence-corrected chi connectivity index (χ3v) is 2.57. The van der Waals surface area contributed by atoms with Gasteiger partial charge in [0.1, 0.15) is 18.1 Å². The first-order chi connectivity index (χ1) is 7.31. The Morgan fingerprint density at radius 3 is 2.60 bits per heavy atom. The third kappa shape index (κ3) is 3.72. The highest BCUT2D eigenvalue weighted by atomic mass is 79.9. The van der Waals surface area contributed by atoms with Crippen molar-refractivity contribution in [3.63, 3.8) is 0 Å². The fourth-order valence-corrected chi connectivity index (χ4v) is 1.60. The van der Waals surface area contributed by atoms with Crippen molar-refractivity contribution in [1.29, 1.82) is 0 Å². The lowest BCUT2D eigenvalue weighted by atomic mass is 10.2. The number of halogens is 1. The number of rotatable bonds is 6. The van der Waals surface area contributed by atoms with E-state index in [-0.39, 0.29) is 0 Å². The van der Waals surface area contributed by atoms with Gasteiger partial charge in [0, 0.05) is 24.1 Å². The molecule has 0 unspecified atom stereocenters. The first-order valence-corrected chi connectivity index (χ1v) is 5.78. The molecule has 84 valence electrons. The summed E-state index contributed by atoms with van der Waals surface area (Å²) in [6.07, 6.45) is 0. The summed E-state index contributed by atoms with van der Waals surface area (Å²) in [7, 11) is 3.29. The summed E-state index contributed by atoms with van der Waals surface area (Å²) < 4.78 is 15.6. The van der Waals surface area contributed by atoms with Crippen LogP contribution in [0.2, 0.25) is 0 Å². The monoisotopic (exact) mass is 274 g/mol. The average Bonchev–Trinajstić information content (AvgIpc) is 2.29. The summed E-state index contributed by atoms with van der Waals surface area (Å²) in [6, 6.07) is 5.78. The molecule has 4 heteroatoms. The molecule has 0 amide bonds. The van der Waals surface area contributed by atoms with Crippen LogP contribution in [0.3, 0.4) is 0 Å². The van der Waals surface area contributed by atoms with Gasteiger partial charge in [-0.05, 0) is 6.07 Å². The molecule has 0 aromatic heterocycles. The molecule has 15 heavy (non-hydrogen) atoms. The zero-order valence-corrected chi connectivity index (χ0v) is 10.5. The van der Waals surface area contributed by atoms with Crippen LogP contribution in [0.1, 0.15) is 5.56 Å². The van der Waals surface area contributed by atoms with Crippen molar-refractivity contribution in [3.8, 4) is 11.5 Å². The Morgan fingerprint density at radius 2 is 2.00 bits per heavy atom. The first kappa shape index (κ1) is 12.3. The molecule has 0 aliphatic rings. The molecule has 0 saturated heterocycles. The summed E-state index contributed by atoms with van der Waals surface area (Å²) in [4.78, 5) is 0. The lowest BCUT2D eigenvalue weighted by Gasteiger charge is -2.11. The van der Waals surface area contributed by atoms with E-state index in [1.165, 1.54) is 0 Å². The van der Waals surface area contributed by atoms with Crippen LogP contribution in [0.15, 0.2) is 18.2 Å². The summed E-state index contributed by atoms with van der Waals surface area (Å²) >= 11 is 3.41. The second-order valence-corrected chi connectivity index (χ2v) is 3.51. The van der Waals surface area contributed by atoms with E-state index in [9.17, 15) is 0 Å². The van der Waals surface area contributed by atoms with Gasteiger partial charge in [-0.15, -0.1) is 0 Å². The van der Waals surface area contributed by atoms with Gasteiger partial charge < -0.3 is 14.2 Å². The van der Waals surface area contributed by atoms with E-state index in [0.29, 0.717) is 13.2 Å². The molecule has 3 nitrogen and oxygen atoms in total. The molecule has 0 spiro atoms. The Labute approximate surface area is 98.5 Å². The lowest BCUT2D eigenvalue weighted by Crippen LogP contribution is -2.05. The Morgan fingerprint density at radius 1 is 1.20 bits per heavy atom. The lowest BCUT2D eigenvalue weighted by molar-refractivity contribution is 0.145. The van der Waals surface area contributed by atoms with Crippen molar-refractivity contribution in [2.24, 2.45) is 0 Å². The highest BCUT2D eigenvalue weighted by Crippen LogP contribution is 2.26. The Hall–Kier alpha value is -0.740. The highest BCUT2D eigenvalue weighted by Gasteiger charge is 2.04. The van der Waals surface area contributed by atoms with Gasteiger partial charge in [0.15, 0.2) is 0 Å². The molecule has 0 bridgehead atoms. The summed E-state index contributed by atoms with van der Waals surface area (Å²) in [6.45, 7) is 1.13. The van der Waals surface area contributed by atoms with Crippen LogP contribution in [0.5, 0.6) is 11.5 Å². The van der Waals surface area contributed by atoms with Crippen molar-refractivity contribution in [3.05, 3.63) is 23.8 Å². The minimum Gasteiger partial charge on any atom is -0.497 e. The van der Waals surface area contributed by atoms with Crippen molar-refractivity contribution in [2.45, 2.75) is 5.33 Å². The minimum absolute atomic E-state index is 0.545. The third-order valence-electron chi connectivity index (χ3n) is 1.96. The fraction of sp³-hybridized carbons (Fsp3) is 0.455. The van der Waals surface area contributed by atoms with Crippen molar-refractivity contribution in [2.75, 3.05) is 27.4 Å². The second-order valence-electron chi connectivity index (χ2n) is 2.95. The van der Waals surface area contributed by atoms with Gasteiger partial charge in [-0.25, -0.2) is 0 Å². The van der Waals surface area contributed by atoms with Gasteiger partial charge >= 0.3 is 0 Å². The van der Waals surface area contributed by atoms with Crippen LogP contribution in [0.4, 0.5) is 0 Å². The molecule has 0 aliphatic carbocycles. The van der Waals surface area contributed by atoms with Crippen LogP contribution in [-0.2, 0) is 10.1 Å². The number of methoxy groups -OCH3 is 2. The number of alkyl halides is 1. The van der Waals surface area contributed by atoms with E-state index in [0.717, 1.165) is 22.4 Å². The van der Waals surface area contributed by atoms with E-state index in [1.807, 2.05) is 18.2 Å². The average molecular weight is 275 g/mol. The smallest absolute Gasteiger partial charge is 0.127 e. The molecule has 0 heterocycles. The minimum atomic E-state index is 0.545. The summed E-state index contributed by atoms with van der Waals surface area (Å²) in [5, 5.41) is 0.763. The predicted octanol–water partition coefficient (Wildman–Crippen LogP) is 2.62. The fourth-order valence-electron chi connectivity index (χ4n) is 1.14. The van der Waals surface area contributed by atoms with Crippen LogP contribution >= 0.6 is 15.9 Å². The van der Waals surface area contributed by atoms with Crippen LogP contribution < -0.4 is 9.47 Å². The zero-order chi connectivity index (χ0) is 11.1. The first-order valence-electron chi connectivity index (χ1n) is 4.66. The second kappa shape index (κ2) is 6.69. The van der Waals surface area contributed by atoms with Gasteiger partial charge in [-0.1, -0.05) is 22.0 Å². The number of hydrogen-bond acceptors (Lipinski definition) is 3. The van der Waals surface area contributed by atoms with E-state index in [1.54, 1.807) is 14.2 Å². The molecule has 1 rings (SSSR count). The quantitative estimate of drug-likeness (QED) is 0.590. The topological polar surface area (TPSA) is 27.7 Å². The number of hydrogen-bond donors (Lipinski definition) is 0. The SMILES string of the molecule is COCCOc1cc(OC)ccc1CBr. The summed E-state index contributed by atoms with van der Waals surface area (Å²) in [5.41, 5.74) is 1.10. The Balaban J connectivity index is 2.72. The number of ether oxygens (including phenoxy) is 3. The maximum atomic E-state index is 5.58. The van der Waals surface area contributed by atoms with E-state index >= 15 is 0 Å². The van der Waals surface area contributed by atoms with Crippen molar-refractivity contribution >= 4 is 15.9 Å². The Bertz CT molecular complexity index is 302. The normalized spacial score (nSPS) is 10.1. The Kier molecular flexibility index (Phi) is 5.50. The van der Waals surface area contributed by atoms with Gasteiger partial charge in [0.25, 0.3) is 0 Å². The molecular weight excluding hydrogens is 260 g/mol. The van der Waals surface area contributed by atoms with E-state index in [2.05, 4.69) is 15.9 Å². The van der Waals surface area contributed by atoms with Gasteiger partial charge in [0.05, 0.1) is 13.7 Å². The van der Waals surface area contributed by atoms with Crippen LogP contribution in [0.25, 0.3) is 0 Å². The maximum absolute atomic E-state index is 5.58. The molecule has 0 aliphatic heterocycles. The molecule has 0 saturated carbocycles. The van der Waals surface area contributed by atoms with E-state index in [4.69, 9.17) is 14.2 Å². The van der Waals surface area contributed by atoms with Crippen molar-refractivity contribution < 1.29 is 14.2 Å². The molecule has 0 N–H and O–H groups in total. The molecule has 1 aromatic rings. The molecule has 0 fully saturated rings. The zero-order valence-electron chi connectivity index (χ0n) is 8.96. The van der Waals surface area contributed by atoms with Gasteiger partial charge in [0.2, 0.25) is 0 Å². The van der Waals surface area contributed by atoms with Crippen molar-refractivity contribution in [1.82, 2.24) is 0 Å². The molecular formula is C11H15BrO3. The van der Waals surface area contributed by atoms with Crippen LogP contribution in [-0.4, -0.2) is 27.4 Å². The maximum Gasteiger partial charge on any atom is 0.127 e. The van der Waals surface area contributed by atoms with Crippen LogP contribution in [0, 0.1) is 0 Å². The molecule has 1 aromatic carbocycles. The molecule has 0 radical (unpaired) electrons.